The van der Waals surface area contributed by atoms with Gasteiger partial charge < -0.3 is 37.9 Å². The summed E-state index contributed by atoms with van der Waals surface area (Å²) in [7, 11) is 0. The molecular formula is C28H29NO15. The summed E-state index contributed by atoms with van der Waals surface area (Å²) < 4.78 is 42.9. The summed E-state index contributed by atoms with van der Waals surface area (Å²) in [5, 5.41) is 10.7. The molecule has 5 unspecified atom stereocenters. The van der Waals surface area contributed by atoms with E-state index in [1.165, 1.54) is 36.4 Å². The maximum absolute atomic E-state index is 12.0. The number of nitro benzene ring substituents is 1. The molecule has 0 aliphatic carbocycles. The van der Waals surface area contributed by atoms with Gasteiger partial charge in [0.1, 0.15) is 30.8 Å². The molecule has 2 aromatic carbocycles. The minimum Gasteiger partial charge on any atom is -0.463 e. The molecule has 0 bridgehead atoms. The van der Waals surface area contributed by atoms with E-state index in [4.69, 9.17) is 37.9 Å². The van der Waals surface area contributed by atoms with E-state index < -0.39 is 72.3 Å². The van der Waals surface area contributed by atoms with Crippen LogP contribution in [0.5, 0.6) is 11.5 Å². The van der Waals surface area contributed by atoms with Gasteiger partial charge in [-0.3, -0.25) is 29.3 Å². The Hall–Kier alpha value is -5.25. The van der Waals surface area contributed by atoms with E-state index in [-0.39, 0.29) is 23.8 Å². The van der Waals surface area contributed by atoms with Crippen LogP contribution in [0.15, 0.2) is 48.5 Å². The second-order valence-electron chi connectivity index (χ2n) is 9.22. The molecule has 1 aliphatic heterocycles. The number of rotatable bonds is 11. The molecule has 0 N–H and O–H groups in total. The highest BCUT2D eigenvalue weighted by molar-refractivity contribution is 5.69. The van der Waals surface area contributed by atoms with Gasteiger partial charge in [0.2, 0.25) is 12.4 Å². The standard InChI is InChI=1S/C28H29NO15/c1-15(30)37-14-23-24(39-16(2)31)25(40-17(3)32)26(41-18(4)33)27(44-23)42-21-9-5-19(6-10-21)13-38-28(34)43-22-11-7-20(8-12-22)29(35)36/h5-12,23-27H,13-14H2,1-4H3. The lowest BCUT2D eigenvalue weighted by atomic mass is 9.98. The van der Waals surface area contributed by atoms with Crippen molar-refractivity contribution in [3.63, 3.8) is 0 Å². The summed E-state index contributed by atoms with van der Waals surface area (Å²) in [6, 6.07) is 10.9. The van der Waals surface area contributed by atoms with Crippen LogP contribution in [0, 0.1) is 10.1 Å². The Morgan fingerprint density at radius 1 is 0.727 bits per heavy atom. The van der Waals surface area contributed by atoms with Gasteiger partial charge in [-0.05, 0) is 29.8 Å². The van der Waals surface area contributed by atoms with Gasteiger partial charge in [-0.15, -0.1) is 0 Å². The number of carbonyl (C=O) groups excluding carboxylic acids is 5. The van der Waals surface area contributed by atoms with Crippen molar-refractivity contribution in [3.05, 3.63) is 64.2 Å². The lowest BCUT2D eigenvalue weighted by Gasteiger charge is -2.43. The fourth-order valence-corrected chi connectivity index (χ4v) is 3.99. The number of carbonyl (C=O) groups is 5. The predicted molar refractivity (Wildman–Crippen MR) is 143 cm³/mol. The molecule has 3 rings (SSSR count). The van der Waals surface area contributed by atoms with Gasteiger partial charge in [0.25, 0.3) is 5.69 Å². The fraction of sp³-hybridized carbons (Fsp3) is 0.393. The topological polar surface area (TPSA) is 202 Å². The van der Waals surface area contributed by atoms with Crippen LogP contribution in [-0.4, -0.2) is 72.3 Å². The summed E-state index contributed by atoms with van der Waals surface area (Å²) in [5.41, 5.74) is 0.344. The minimum absolute atomic E-state index is 0.0502. The maximum Gasteiger partial charge on any atom is 0.514 e. The summed E-state index contributed by atoms with van der Waals surface area (Å²) in [6.45, 7) is 3.86. The Morgan fingerprint density at radius 3 is 1.82 bits per heavy atom. The molecule has 0 saturated carbocycles. The van der Waals surface area contributed by atoms with E-state index in [0.29, 0.717) is 5.56 Å². The van der Waals surface area contributed by atoms with Crippen LogP contribution >= 0.6 is 0 Å². The highest BCUT2D eigenvalue weighted by Gasteiger charge is 2.53. The second kappa shape index (κ2) is 15.3. The zero-order chi connectivity index (χ0) is 32.4. The van der Waals surface area contributed by atoms with Crippen LogP contribution in [-0.2, 0) is 54.2 Å². The first kappa shape index (κ1) is 33.3. The molecule has 1 aliphatic rings. The Kier molecular flexibility index (Phi) is 11.6. The van der Waals surface area contributed by atoms with Crippen LogP contribution in [0.25, 0.3) is 0 Å². The maximum atomic E-state index is 12.0. The highest BCUT2D eigenvalue weighted by atomic mass is 16.7. The average Bonchev–Trinajstić information content (AvgIpc) is 2.94. The van der Waals surface area contributed by atoms with Crippen LogP contribution in [0.1, 0.15) is 33.3 Å². The molecule has 44 heavy (non-hydrogen) atoms. The van der Waals surface area contributed by atoms with E-state index in [2.05, 4.69) is 0 Å². The van der Waals surface area contributed by atoms with Gasteiger partial charge in [-0.25, -0.2) is 4.79 Å². The van der Waals surface area contributed by atoms with E-state index in [0.717, 1.165) is 27.7 Å². The third-order valence-electron chi connectivity index (χ3n) is 5.73. The smallest absolute Gasteiger partial charge is 0.463 e. The number of benzene rings is 2. The third kappa shape index (κ3) is 9.94. The van der Waals surface area contributed by atoms with Gasteiger partial charge in [0, 0.05) is 39.8 Å². The quantitative estimate of drug-likeness (QED) is 0.117. The minimum atomic E-state index is -1.42. The van der Waals surface area contributed by atoms with E-state index >= 15 is 0 Å². The monoisotopic (exact) mass is 619 g/mol. The van der Waals surface area contributed by atoms with Gasteiger partial charge in [0.05, 0.1) is 4.92 Å². The Morgan fingerprint density at radius 2 is 1.27 bits per heavy atom. The van der Waals surface area contributed by atoms with Gasteiger partial charge >= 0.3 is 30.0 Å². The van der Waals surface area contributed by atoms with Gasteiger partial charge in [-0.1, -0.05) is 12.1 Å². The molecule has 236 valence electrons. The van der Waals surface area contributed by atoms with E-state index in [9.17, 15) is 34.1 Å². The van der Waals surface area contributed by atoms with E-state index in [1.54, 1.807) is 12.1 Å². The number of ether oxygens (including phenoxy) is 8. The van der Waals surface area contributed by atoms with Crippen molar-refractivity contribution < 1.29 is 66.8 Å². The van der Waals surface area contributed by atoms with Crippen molar-refractivity contribution >= 4 is 35.7 Å². The molecular weight excluding hydrogens is 590 g/mol. The summed E-state index contributed by atoms with van der Waals surface area (Å²) >= 11 is 0. The SMILES string of the molecule is CC(=O)OCC1OC(Oc2ccc(COC(=O)Oc3ccc([N+](=O)[O-])cc3)cc2)C(OC(C)=O)C(OC(C)=O)C1OC(C)=O. The Balaban J connectivity index is 1.72. The number of esters is 4. The highest BCUT2D eigenvalue weighted by Crippen LogP contribution is 2.31. The summed E-state index contributed by atoms with van der Waals surface area (Å²) in [5.74, 6) is -2.76. The molecule has 0 aromatic heterocycles. The molecule has 16 nitrogen and oxygen atoms in total. The molecule has 0 radical (unpaired) electrons. The third-order valence-corrected chi connectivity index (χ3v) is 5.73. The zero-order valence-electron chi connectivity index (χ0n) is 24.0. The molecule has 5 atom stereocenters. The van der Waals surface area contributed by atoms with Crippen molar-refractivity contribution in [2.75, 3.05) is 6.61 Å². The molecule has 1 saturated heterocycles. The number of hydrogen-bond acceptors (Lipinski definition) is 15. The first-order valence-corrected chi connectivity index (χ1v) is 13.0. The Labute approximate surface area is 250 Å². The van der Waals surface area contributed by atoms with Crippen molar-refractivity contribution in [2.45, 2.75) is 65.0 Å². The predicted octanol–water partition coefficient (Wildman–Crippen LogP) is 2.77. The number of nitro groups is 1. The van der Waals surface area contributed by atoms with Crippen molar-refractivity contribution in [1.29, 1.82) is 0 Å². The van der Waals surface area contributed by atoms with Crippen molar-refractivity contribution in [1.82, 2.24) is 0 Å². The van der Waals surface area contributed by atoms with Crippen molar-refractivity contribution in [2.24, 2.45) is 0 Å². The van der Waals surface area contributed by atoms with Crippen LogP contribution < -0.4 is 9.47 Å². The molecule has 0 amide bonds. The lowest BCUT2D eigenvalue weighted by molar-refractivity contribution is -0.384. The first-order chi connectivity index (χ1) is 20.8. The molecule has 0 spiro atoms. The first-order valence-electron chi connectivity index (χ1n) is 13.0. The van der Waals surface area contributed by atoms with Crippen LogP contribution in [0.3, 0.4) is 0 Å². The van der Waals surface area contributed by atoms with Crippen molar-refractivity contribution in [3.8, 4) is 11.5 Å². The summed E-state index contributed by atoms with van der Waals surface area (Å²) in [6.07, 6.45) is -7.78. The van der Waals surface area contributed by atoms with Crippen LogP contribution in [0.4, 0.5) is 10.5 Å². The molecule has 2 aromatic rings. The average molecular weight is 620 g/mol. The molecule has 1 heterocycles. The Bertz CT molecular complexity index is 1360. The lowest BCUT2D eigenvalue weighted by Crippen LogP contribution is -2.63. The fourth-order valence-electron chi connectivity index (χ4n) is 3.99. The summed E-state index contributed by atoms with van der Waals surface area (Å²) in [4.78, 5) is 69.4. The largest absolute Gasteiger partial charge is 0.514 e. The normalized spacial score (nSPS) is 20.8. The number of nitrogens with zero attached hydrogens (tertiary/aromatic N) is 1. The molecule has 16 heteroatoms. The van der Waals surface area contributed by atoms with E-state index in [1.807, 2.05) is 0 Å². The van der Waals surface area contributed by atoms with Gasteiger partial charge in [0.15, 0.2) is 12.2 Å². The number of non-ortho nitro benzene ring substituents is 1. The second-order valence-corrected chi connectivity index (χ2v) is 9.22. The van der Waals surface area contributed by atoms with Crippen LogP contribution in [0.2, 0.25) is 0 Å². The molecule has 1 fully saturated rings. The van der Waals surface area contributed by atoms with Gasteiger partial charge in [-0.2, -0.15) is 0 Å². The number of hydrogen-bond donors (Lipinski definition) is 0. The zero-order valence-corrected chi connectivity index (χ0v) is 24.0.